The maximum Gasteiger partial charge on any atom is 0.326 e. The number of nitrogens with one attached hydrogen (secondary N) is 2. The van der Waals surface area contributed by atoms with E-state index in [1.807, 2.05) is 36.4 Å². The first kappa shape index (κ1) is 24.8. The molecule has 34 heavy (non-hydrogen) atoms. The van der Waals surface area contributed by atoms with Crippen LogP contribution in [0, 0.1) is 0 Å². The molecular weight excluding hydrogens is 454 g/mol. The number of ether oxygens (including phenoxy) is 1. The topological polar surface area (TPSA) is 89.0 Å². The summed E-state index contributed by atoms with van der Waals surface area (Å²) in [6.45, 7) is 2.36. The Morgan fingerprint density at radius 1 is 0.971 bits per heavy atom. The summed E-state index contributed by atoms with van der Waals surface area (Å²) in [5.41, 5.74) is 3.49. The zero-order valence-electron chi connectivity index (χ0n) is 19.0. The second kappa shape index (κ2) is 12.4. The normalized spacial score (nSPS) is 11.0. The molecule has 3 aromatic carbocycles. The molecule has 0 fully saturated rings. The minimum Gasteiger partial charge on any atom is -0.497 e. The third-order valence-corrected chi connectivity index (χ3v) is 5.20. The molecule has 0 bridgehead atoms. The Bertz CT molecular complexity index is 1150. The molecule has 0 aliphatic carbocycles. The summed E-state index contributed by atoms with van der Waals surface area (Å²) in [5.74, 6) is 0.210. The molecule has 2 N–H and O–H groups in total. The molecule has 0 aliphatic heterocycles. The molecule has 3 amide bonds. The van der Waals surface area contributed by atoms with Crippen molar-refractivity contribution in [2.75, 3.05) is 12.4 Å². The third kappa shape index (κ3) is 7.08. The molecule has 0 aliphatic rings. The van der Waals surface area contributed by atoms with Gasteiger partial charge in [0, 0.05) is 5.69 Å². The summed E-state index contributed by atoms with van der Waals surface area (Å²) in [7, 11) is 1.63. The molecule has 7 nitrogen and oxygen atoms in total. The number of urea groups is 1. The average molecular weight is 480 g/mol. The first-order valence-corrected chi connectivity index (χ1v) is 11.2. The van der Waals surface area contributed by atoms with Gasteiger partial charge in [-0.15, -0.1) is 0 Å². The molecule has 0 spiro atoms. The molecule has 0 saturated heterocycles. The predicted octanol–water partition coefficient (Wildman–Crippen LogP) is 6.03. The Kier molecular flexibility index (Phi) is 9.05. The van der Waals surface area contributed by atoms with Gasteiger partial charge in [0.2, 0.25) is 0 Å². The standard InChI is InChI=1S/C26H26ClN3O4/c1-3-6-24(19-11-15-21(33-2)16-12-19)30-34-17-18-9-13-20(14-10-18)28-26(32)29-25(31)22-7-4-5-8-23(22)27/h4-5,7-16H,3,6,17H2,1-2H3,(H2,28,29,31,32). The van der Waals surface area contributed by atoms with Gasteiger partial charge in [0.25, 0.3) is 5.91 Å². The fourth-order valence-electron chi connectivity index (χ4n) is 3.11. The van der Waals surface area contributed by atoms with E-state index in [0.717, 1.165) is 35.4 Å². The number of amides is 3. The number of methoxy groups -OCH3 is 1. The van der Waals surface area contributed by atoms with Crippen LogP contribution in [0.25, 0.3) is 0 Å². The van der Waals surface area contributed by atoms with Crippen LogP contribution in [-0.2, 0) is 11.4 Å². The molecule has 0 saturated carbocycles. The van der Waals surface area contributed by atoms with Crippen molar-refractivity contribution < 1.29 is 19.2 Å². The minimum absolute atomic E-state index is 0.226. The van der Waals surface area contributed by atoms with E-state index in [1.165, 1.54) is 0 Å². The van der Waals surface area contributed by atoms with Crippen LogP contribution in [-0.4, -0.2) is 24.8 Å². The molecule has 3 aromatic rings. The summed E-state index contributed by atoms with van der Waals surface area (Å²) in [5, 5.41) is 9.47. The number of halogens is 1. The van der Waals surface area contributed by atoms with E-state index in [-0.39, 0.29) is 17.2 Å². The van der Waals surface area contributed by atoms with E-state index in [1.54, 1.807) is 43.5 Å². The van der Waals surface area contributed by atoms with Gasteiger partial charge in [-0.05, 0) is 66.1 Å². The highest BCUT2D eigenvalue weighted by atomic mass is 35.5. The summed E-state index contributed by atoms with van der Waals surface area (Å²) in [6, 6.07) is 20.6. The lowest BCUT2D eigenvalue weighted by Crippen LogP contribution is -2.34. The zero-order valence-corrected chi connectivity index (χ0v) is 19.8. The quantitative estimate of drug-likeness (QED) is 0.289. The maximum atomic E-state index is 12.2. The molecule has 0 aromatic heterocycles. The fourth-order valence-corrected chi connectivity index (χ4v) is 3.33. The van der Waals surface area contributed by atoms with Crippen LogP contribution < -0.4 is 15.4 Å². The molecule has 0 radical (unpaired) electrons. The smallest absolute Gasteiger partial charge is 0.326 e. The van der Waals surface area contributed by atoms with Crippen molar-refractivity contribution in [2.24, 2.45) is 5.16 Å². The van der Waals surface area contributed by atoms with Crippen LogP contribution in [0.1, 0.15) is 41.3 Å². The van der Waals surface area contributed by atoms with Gasteiger partial charge in [-0.1, -0.05) is 54.4 Å². The fraction of sp³-hybridized carbons (Fsp3) is 0.192. The lowest BCUT2D eigenvalue weighted by atomic mass is 10.1. The van der Waals surface area contributed by atoms with Crippen LogP contribution in [0.3, 0.4) is 0 Å². The van der Waals surface area contributed by atoms with Crippen LogP contribution in [0.5, 0.6) is 5.75 Å². The van der Waals surface area contributed by atoms with Gasteiger partial charge in [-0.2, -0.15) is 0 Å². The van der Waals surface area contributed by atoms with Crippen LogP contribution in [0.4, 0.5) is 10.5 Å². The molecule has 0 atom stereocenters. The van der Waals surface area contributed by atoms with Gasteiger partial charge in [0.15, 0.2) is 0 Å². The Balaban J connectivity index is 1.53. The first-order valence-electron chi connectivity index (χ1n) is 10.8. The second-order valence-electron chi connectivity index (χ2n) is 7.37. The molecular formula is C26H26ClN3O4. The largest absolute Gasteiger partial charge is 0.497 e. The van der Waals surface area contributed by atoms with Crippen molar-refractivity contribution >= 4 is 34.9 Å². The summed E-state index contributed by atoms with van der Waals surface area (Å²) in [4.78, 5) is 29.9. The number of nitrogens with zero attached hydrogens (tertiary/aromatic N) is 1. The lowest BCUT2D eigenvalue weighted by Gasteiger charge is -2.09. The SMILES string of the molecule is CCCC(=NOCc1ccc(NC(=O)NC(=O)c2ccccc2Cl)cc1)c1ccc(OC)cc1. The van der Waals surface area contributed by atoms with Crippen LogP contribution >= 0.6 is 11.6 Å². The number of benzene rings is 3. The molecule has 3 rings (SSSR count). The summed E-state index contributed by atoms with van der Waals surface area (Å²) >= 11 is 5.99. The van der Waals surface area contributed by atoms with Crippen molar-refractivity contribution in [3.8, 4) is 5.75 Å². The summed E-state index contributed by atoms with van der Waals surface area (Å²) < 4.78 is 5.20. The van der Waals surface area contributed by atoms with Crippen molar-refractivity contribution in [1.29, 1.82) is 0 Å². The Morgan fingerprint density at radius 2 is 1.68 bits per heavy atom. The third-order valence-electron chi connectivity index (χ3n) is 4.87. The first-order chi connectivity index (χ1) is 16.5. The van der Waals surface area contributed by atoms with Crippen molar-refractivity contribution in [3.05, 3.63) is 94.5 Å². The van der Waals surface area contributed by atoms with Gasteiger partial charge >= 0.3 is 6.03 Å². The van der Waals surface area contributed by atoms with Crippen LogP contribution in [0.15, 0.2) is 78.0 Å². The molecule has 176 valence electrons. The number of oxime groups is 1. The van der Waals surface area contributed by atoms with E-state index in [4.69, 9.17) is 21.2 Å². The van der Waals surface area contributed by atoms with Gasteiger partial charge in [-0.3, -0.25) is 10.1 Å². The maximum absolute atomic E-state index is 12.2. The highest BCUT2D eigenvalue weighted by molar-refractivity contribution is 6.34. The minimum atomic E-state index is -0.651. The van der Waals surface area contributed by atoms with Crippen molar-refractivity contribution in [3.63, 3.8) is 0 Å². The Morgan fingerprint density at radius 3 is 2.32 bits per heavy atom. The summed E-state index contributed by atoms with van der Waals surface area (Å²) in [6.07, 6.45) is 1.73. The predicted molar refractivity (Wildman–Crippen MR) is 134 cm³/mol. The Hall–Kier alpha value is -3.84. The molecule has 0 unspecified atom stereocenters. The number of anilines is 1. The zero-order chi connectivity index (χ0) is 24.3. The number of carbonyl (C=O) groups is 2. The molecule has 0 heterocycles. The molecule has 8 heteroatoms. The van der Waals surface area contributed by atoms with Crippen molar-refractivity contribution in [2.45, 2.75) is 26.4 Å². The number of rotatable bonds is 9. The van der Waals surface area contributed by atoms with Gasteiger partial charge < -0.3 is 14.9 Å². The van der Waals surface area contributed by atoms with E-state index in [2.05, 4.69) is 22.7 Å². The number of hydrogen-bond acceptors (Lipinski definition) is 5. The van der Waals surface area contributed by atoms with Gasteiger partial charge in [0.1, 0.15) is 12.4 Å². The lowest BCUT2D eigenvalue weighted by molar-refractivity contribution is 0.0967. The van der Waals surface area contributed by atoms with E-state index < -0.39 is 11.9 Å². The van der Waals surface area contributed by atoms with Crippen LogP contribution in [0.2, 0.25) is 5.02 Å². The Labute approximate surface area is 203 Å². The monoisotopic (exact) mass is 479 g/mol. The second-order valence-corrected chi connectivity index (χ2v) is 7.78. The number of carbonyl (C=O) groups excluding carboxylic acids is 2. The number of hydrogen-bond donors (Lipinski definition) is 2. The van der Waals surface area contributed by atoms with Gasteiger partial charge in [0.05, 0.1) is 23.4 Å². The highest BCUT2D eigenvalue weighted by Gasteiger charge is 2.13. The highest BCUT2D eigenvalue weighted by Crippen LogP contribution is 2.16. The van der Waals surface area contributed by atoms with Gasteiger partial charge in [-0.25, -0.2) is 4.79 Å². The van der Waals surface area contributed by atoms with E-state index in [9.17, 15) is 9.59 Å². The van der Waals surface area contributed by atoms with Crippen molar-refractivity contribution in [1.82, 2.24) is 5.32 Å². The average Bonchev–Trinajstić information content (AvgIpc) is 2.85. The number of imide groups is 1. The van der Waals surface area contributed by atoms with E-state index in [0.29, 0.717) is 5.69 Å². The van der Waals surface area contributed by atoms with E-state index >= 15 is 0 Å².